The molecule has 2 aromatic carbocycles. The molecule has 0 saturated carbocycles. The third-order valence-electron chi connectivity index (χ3n) is 6.23. The molecule has 2 heterocycles. The fourth-order valence-corrected chi connectivity index (χ4v) is 4.45. The SMILES string of the molecule is Cc1ccc2c(N3CCC(NC(=O)[C@@H](O)CC(C)(C)C)CC3)nc(-c3ccccc3O)nc2c1. The average molecular weight is 463 g/mol. The zero-order valence-electron chi connectivity index (χ0n) is 20.4. The predicted octanol–water partition coefficient (Wildman–Crippen LogP) is 4.19. The topological polar surface area (TPSA) is 98.6 Å². The molecule has 0 spiro atoms. The van der Waals surface area contributed by atoms with Crippen LogP contribution in [0.15, 0.2) is 42.5 Å². The number of aryl methyl sites for hydroxylation is 1. The van der Waals surface area contributed by atoms with Crippen molar-refractivity contribution in [1.82, 2.24) is 15.3 Å². The third kappa shape index (κ3) is 5.47. The van der Waals surface area contributed by atoms with E-state index in [4.69, 9.17) is 9.97 Å². The van der Waals surface area contributed by atoms with E-state index in [-0.39, 0.29) is 23.1 Å². The second-order valence-corrected chi connectivity index (χ2v) is 10.5. The number of aromatic nitrogens is 2. The molecule has 4 rings (SSSR count). The number of para-hydroxylation sites is 1. The number of phenols is 1. The standard InChI is InChI=1S/C27H34N4O3/c1-17-9-10-19-21(15-17)29-24(20-7-5-6-8-22(20)32)30-25(19)31-13-11-18(12-14-31)28-26(34)23(33)16-27(2,3)4/h5-10,15,18,23,32-33H,11-14,16H2,1-4H3,(H,28,34)/t23-/m0/s1. The Morgan fingerprint density at radius 2 is 1.85 bits per heavy atom. The zero-order valence-corrected chi connectivity index (χ0v) is 20.4. The molecule has 0 radical (unpaired) electrons. The highest BCUT2D eigenvalue weighted by Gasteiger charge is 2.28. The van der Waals surface area contributed by atoms with E-state index in [0.29, 0.717) is 17.8 Å². The van der Waals surface area contributed by atoms with Gasteiger partial charge >= 0.3 is 0 Å². The Kier molecular flexibility index (Phi) is 6.75. The number of nitrogens with zero attached hydrogens (tertiary/aromatic N) is 3. The molecular weight excluding hydrogens is 428 g/mol. The summed E-state index contributed by atoms with van der Waals surface area (Å²) in [5, 5.41) is 24.6. The van der Waals surface area contributed by atoms with Gasteiger partial charge in [0.25, 0.3) is 0 Å². The fraction of sp³-hybridized carbons (Fsp3) is 0.444. The summed E-state index contributed by atoms with van der Waals surface area (Å²) in [6.07, 6.45) is 0.960. The van der Waals surface area contributed by atoms with Gasteiger partial charge in [-0.1, -0.05) is 39.0 Å². The molecule has 7 heteroatoms. The van der Waals surface area contributed by atoms with Gasteiger partial charge in [0.15, 0.2) is 5.82 Å². The zero-order chi connectivity index (χ0) is 24.5. The molecule has 1 aliphatic heterocycles. The van der Waals surface area contributed by atoms with Gasteiger partial charge in [0.2, 0.25) is 5.91 Å². The molecule has 1 aromatic heterocycles. The van der Waals surface area contributed by atoms with E-state index >= 15 is 0 Å². The van der Waals surface area contributed by atoms with Crippen LogP contribution in [0.3, 0.4) is 0 Å². The maximum atomic E-state index is 12.5. The van der Waals surface area contributed by atoms with E-state index in [1.807, 2.05) is 52.0 Å². The maximum Gasteiger partial charge on any atom is 0.249 e. The van der Waals surface area contributed by atoms with Crippen molar-refractivity contribution >= 4 is 22.6 Å². The summed E-state index contributed by atoms with van der Waals surface area (Å²) < 4.78 is 0. The Labute approximate surface area is 200 Å². The summed E-state index contributed by atoms with van der Waals surface area (Å²) in [5.74, 6) is 1.18. The van der Waals surface area contributed by atoms with Crippen molar-refractivity contribution < 1.29 is 15.0 Å². The number of hydrogen-bond acceptors (Lipinski definition) is 6. The summed E-state index contributed by atoms with van der Waals surface area (Å²) in [6.45, 7) is 9.51. The second-order valence-electron chi connectivity index (χ2n) is 10.5. The molecule has 34 heavy (non-hydrogen) atoms. The van der Waals surface area contributed by atoms with Crippen molar-refractivity contribution in [2.45, 2.75) is 59.1 Å². The van der Waals surface area contributed by atoms with Crippen LogP contribution in [-0.2, 0) is 4.79 Å². The molecule has 7 nitrogen and oxygen atoms in total. The highest BCUT2D eigenvalue weighted by atomic mass is 16.3. The number of carbonyl (C=O) groups is 1. The Balaban J connectivity index is 1.54. The first-order valence-electron chi connectivity index (χ1n) is 11.9. The van der Waals surface area contributed by atoms with Crippen LogP contribution in [-0.4, -0.2) is 51.3 Å². The molecule has 0 unspecified atom stereocenters. The van der Waals surface area contributed by atoms with Crippen LogP contribution in [0.25, 0.3) is 22.3 Å². The molecule has 1 amide bonds. The van der Waals surface area contributed by atoms with E-state index < -0.39 is 6.10 Å². The van der Waals surface area contributed by atoms with Crippen molar-refractivity contribution in [1.29, 1.82) is 0 Å². The van der Waals surface area contributed by atoms with Gasteiger partial charge < -0.3 is 20.4 Å². The van der Waals surface area contributed by atoms with E-state index in [2.05, 4.69) is 16.3 Å². The Bertz CT molecular complexity index is 1180. The summed E-state index contributed by atoms with van der Waals surface area (Å²) in [6, 6.07) is 13.3. The number of carbonyl (C=O) groups excluding carboxylic acids is 1. The molecule has 1 fully saturated rings. The first-order chi connectivity index (χ1) is 16.1. The van der Waals surface area contributed by atoms with Crippen LogP contribution in [0.5, 0.6) is 5.75 Å². The number of benzene rings is 2. The van der Waals surface area contributed by atoms with Gasteiger partial charge in [0.05, 0.1) is 11.1 Å². The van der Waals surface area contributed by atoms with E-state index in [1.54, 1.807) is 12.1 Å². The number of phenolic OH excluding ortho intramolecular Hbond substituents is 1. The van der Waals surface area contributed by atoms with Gasteiger partial charge in [-0.2, -0.15) is 0 Å². The summed E-state index contributed by atoms with van der Waals surface area (Å²) in [5.41, 5.74) is 2.43. The highest BCUT2D eigenvalue weighted by Crippen LogP contribution is 2.33. The normalized spacial score (nSPS) is 16.0. The number of aliphatic hydroxyl groups excluding tert-OH is 1. The lowest BCUT2D eigenvalue weighted by atomic mass is 9.89. The van der Waals surface area contributed by atoms with Crippen LogP contribution in [0.2, 0.25) is 0 Å². The smallest absolute Gasteiger partial charge is 0.249 e. The molecule has 3 N–H and O–H groups in total. The lowest BCUT2D eigenvalue weighted by molar-refractivity contribution is -0.131. The minimum Gasteiger partial charge on any atom is -0.507 e. The molecule has 0 bridgehead atoms. The number of aliphatic hydroxyl groups is 1. The van der Waals surface area contributed by atoms with Crippen molar-refractivity contribution in [2.75, 3.05) is 18.0 Å². The maximum absolute atomic E-state index is 12.5. The van der Waals surface area contributed by atoms with Crippen molar-refractivity contribution in [3.63, 3.8) is 0 Å². The Hall–Kier alpha value is -3.19. The molecule has 180 valence electrons. The number of rotatable bonds is 5. The van der Waals surface area contributed by atoms with Crippen molar-refractivity contribution in [2.24, 2.45) is 5.41 Å². The first kappa shape index (κ1) is 24.0. The van der Waals surface area contributed by atoms with Gasteiger partial charge in [-0.3, -0.25) is 4.79 Å². The monoisotopic (exact) mass is 462 g/mol. The van der Waals surface area contributed by atoms with Crippen molar-refractivity contribution in [3.05, 3.63) is 48.0 Å². The minimum atomic E-state index is -0.992. The number of anilines is 1. The highest BCUT2D eigenvalue weighted by molar-refractivity contribution is 5.92. The average Bonchev–Trinajstić information content (AvgIpc) is 2.78. The van der Waals surface area contributed by atoms with Crippen molar-refractivity contribution in [3.8, 4) is 17.1 Å². The number of hydrogen-bond donors (Lipinski definition) is 3. The molecule has 1 saturated heterocycles. The number of aromatic hydroxyl groups is 1. The van der Waals surface area contributed by atoms with Crippen LogP contribution in [0.1, 0.15) is 45.6 Å². The molecule has 1 aliphatic rings. The summed E-state index contributed by atoms with van der Waals surface area (Å²) in [7, 11) is 0. The molecule has 0 aliphatic carbocycles. The number of amides is 1. The third-order valence-corrected chi connectivity index (χ3v) is 6.23. The first-order valence-corrected chi connectivity index (χ1v) is 11.9. The van der Waals surface area contributed by atoms with Crippen LogP contribution < -0.4 is 10.2 Å². The predicted molar refractivity (Wildman–Crippen MR) is 135 cm³/mol. The summed E-state index contributed by atoms with van der Waals surface area (Å²) in [4.78, 5) is 24.3. The van der Waals surface area contributed by atoms with Gasteiger partial charge in [0, 0.05) is 24.5 Å². The quantitative estimate of drug-likeness (QED) is 0.526. The molecule has 1 atom stereocenters. The lowest BCUT2D eigenvalue weighted by Gasteiger charge is -2.34. The fourth-order valence-electron chi connectivity index (χ4n) is 4.45. The van der Waals surface area contributed by atoms with E-state index in [0.717, 1.165) is 48.2 Å². The number of piperidine rings is 1. The number of nitrogens with one attached hydrogen (secondary N) is 1. The molecule has 3 aromatic rings. The Morgan fingerprint density at radius 1 is 1.15 bits per heavy atom. The van der Waals surface area contributed by atoms with Crippen LogP contribution >= 0.6 is 0 Å². The second kappa shape index (κ2) is 9.58. The van der Waals surface area contributed by atoms with Gasteiger partial charge in [-0.25, -0.2) is 9.97 Å². The minimum absolute atomic E-state index is 0.0198. The lowest BCUT2D eigenvalue weighted by Crippen LogP contribution is -2.48. The van der Waals surface area contributed by atoms with E-state index in [1.165, 1.54) is 0 Å². The Morgan fingerprint density at radius 3 is 2.53 bits per heavy atom. The largest absolute Gasteiger partial charge is 0.507 e. The summed E-state index contributed by atoms with van der Waals surface area (Å²) >= 11 is 0. The van der Waals surface area contributed by atoms with Gasteiger partial charge in [-0.05, 0) is 61.4 Å². The van der Waals surface area contributed by atoms with Gasteiger partial charge in [0.1, 0.15) is 17.7 Å². The van der Waals surface area contributed by atoms with E-state index in [9.17, 15) is 15.0 Å². The number of fused-ring (bicyclic) bond motifs is 1. The molecular formula is C27H34N4O3. The van der Waals surface area contributed by atoms with Gasteiger partial charge in [-0.15, -0.1) is 0 Å². The van der Waals surface area contributed by atoms with Crippen LogP contribution in [0, 0.1) is 12.3 Å². The van der Waals surface area contributed by atoms with Crippen LogP contribution in [0.4, 0.5) is 5.82 Å².